The molecular weight excluding hydrogens is 212 g/mol. The number of morpholine rings is 1. The maximum absolute atomic E-state index is 5.48. The van der Waals surface area contributed by atoms with Gasteiger partial charge in [-0.3, -0.25) is 0 Å². The first-order valence-corrected chi connectivity index (χ1v) is 7.15. The van der Waals surface area contributed by atoms with Crippen LogP contribution in [0.1, 0.15) is 47.0 Å². The summed E-state index contributed by atoms with van der Waals surface area (Å²) in [4.78, 5) is 0. The molecular formula is C14H30N2O. The molecule has 0 radical (unpaired) electrons. The summed E-state index contributed by atoms with van der Waals surface area (Å²) in [5, 5.41) is 7.20. The van der Waals surface area contributed by atoms with Crippen LogP contribution in [0.4, 0.5) is 0 Å². The third-order valence-corrected chi connectivity index (χ3v) is 3.38. The average Bonchev–Trinajstić information content (AvgIpc) is 2.27. The van der Waals surface area contributed by atoms with Crippen LogP contribution in [0.25, 0.3) is 0 Å². The fraction of sp³-hybridized carbons (Fsp3) is 1.00. The summed E-state index contributed by atoms with van der Waals surface area (Å²) in [6.45, 7) is 11.9. The third-order valence-electron chi connectivity index (χ3n) is 3.38. The standard InChI is InChI=1S/C14H30N2O/c1-11(2)5-6-12(3)16-13(4)9-14-10-17-8-7-15-14/h11-16H,5-10H2,1-4H3. The van der Waals surface area contributed by atoms with Gasteiger partial charge in [-0.15, -0.1) is 0 Å². The maximum Gasteiger partial charge on any atom is 0.0620 e. The van der Waals surface area contributed by atoms with E-state index in [4.69, 9.17) is 4.74 Å². The molecule has 0 aromatic heterocycles. The molecule has 0 aliphatic carbocycles. The lowest BCUT2D eigenvalue weighted by Crippen LogP contribution is -2.46. The molecule has 0 spiro atoms. The van der Waals surface area contributed by atoms with E-state index < -0.39 is 0 Å². The second-order valence-corrected chi connectivity index (χ2v) is 5.90. The highest BCUT2D eigenvalue weighted by Crippen LogP contribution is 2.09. The highest BCUT2D eigenvalue weighted by molar-refractivity contribution is 4.77. The van der Waals surface area contributed by atoms with Crippen molar-refractivity contribution in [3.8, 4) is 0 Å². The lowest BCUT2D eigenvalue weighted by atomic mass is 10.0. The Morgan fingerprint density at radius 2 is 1.94 bits per heavy atom. The van der Waals surface area contributed by atoms with Crippen molar-refractivity contribution < 1.29 is 4.74 Å². The van der Waals surface area contributed by atoms with Gasteiger partial charge in [0, 0.05) is 24.7 Å². The van der Waals surface area contributed by atoms with E-state index >= 15 is 0 Å². The van der Waals surface area contributed by atoms with E-state index in [2.05, 4.69) is 38.3 Å². The number of nitrogens with one attached hydrogen (secondary N) is 2. The maximum atomic E-state index is 5.48. The fourth-order valence-corrected chi connectivity index (χ4v) is 2.42. The summed E-state index contributed by atoms with van der Waals surface area (Å²) >= 11 is 0. The molecule has 1 saturated heterocycles. The van der Waals surface area contributed by atoms with Gasteiger partial charge >= 0.3 is 0 Å². The second kappa shape index (κ2) is 8.06. The van der Waals surface area contributed by atoms with Crippen LogP contribution in [-0.2, 0) is 4.74 Å². The Hall–Kier alpha value is -0.120. The fourth-order valence-electron chi connectivity index (χ4n) is 2.42. The van der Waals surface area contributed by atoms with Gasteiger partial charge in [-0.05, 0) is 39.0 Å². The van der Waals surface area contributed by atoms with Gasteiger partial charge in [0.2, 0.25) is 0 Å². The lowest BCUT2D eigenvalue weighted by molar-refractivity contribution is 0.0707. The summed E-state index contributed by atoms with van der Waals surface area (Å²) in [5.41, 5.74) is 0. The zero-order valence-electron chi connectivity index (χ0n) is 12.0. The molecule has 1 aliphatic heterocycles. The molecule has 0 aromatic rings. The van der Waals surface area contributed by atoms with Crippen molar-refractivity contribution in [2.45, 2.75) is 65.1 Å². The zero-order chi connectivity index (χ0) is 12.7. The molecule has 0 aromatic carbocycles. The lowest BCUT2D eigenvalue weighted by Gasteiger charge is -2.28. The molecule has 0 amide bonds. The van der Waals surface area contributed by atoms with Crippen LogP contribution in [0, 0.1) is 5.92 Å². The first-order valence-electron chi connectivity index (χ1n) is 7.15. The predicted molar refractivity (Wildman–Crippen MR) is 73.4 cm³/mol. The van der Waals surface area contributed by atoms with Gasteiger partial charge in [0.05, 0.1) is 13.2 Å². The van der Waals surface area contributed by atoms with Gasteiger partial charge in [0.1, 0.15) is 0 Å². The highest BCUT2D eigenvalue weighted by Gasteiger charge is 2.17. The van der Waals surface area contributed by atoms with Crippen molar-refractivity contribution in [1.82, 2.24) is 10.6 Å². The van der Waals surface area contributed by atoms with Gasteiger partial charge in [-0.1, -0.05) is 13.8 Å². The summed E-state index contributed by atoms with van der Waals surface area (Å²) in [6.07, 6.45) is 3.74. The first-order chi connectivity index (χ1) is 8.08. The van der Waals surface area contributed by atoms with E-state index in [1.54, 1.807) is 0 Å². The van der Waals surface area contributed by atoms with E-state index in [-0.39, 0.29) is 0 Å². The van der Waals surface area contributed by atoms with Crippen molar-refractivity contribution in [1.29, 1.82) is 0 Å². The second-order valence-electron chi connectivity index (χ2n) is 5.90. The van der Waals surface area contributed by atoms with Gasteiger partial charge in [0.25, 0.3) is 0 Å². The van der Waals surface area contributed by atoms with Gasteiger partial charge in [0.15, 0.2) is 0 Å². The molecule has 0 bridgehead atoms. The van der Waals surface area contributed by atoms with Crippen molar-refractivity contribution >= 4 is 0 Å². The van der Waals surface area contributed by atoms with Gasteiger partial charge in [-0.25, -0.2) is 0 Å². The largest absolute Gasteiger partial charge is 0.379 e. The number of hydrogen-bond acceptors (Lipinski definition) is 3. The first kappa shape index (κ1) is 14.9. The minimum Gasteiger partial charge on any atom is -0.379 e. The molecule has 2 N–H and O–H groups in total. The molecule has 1 rings (SSSR count). The van der Waals surface area contributed by atoms with Crippen LogP contribution < -0.4 is 10.6 Å². The molecule has 3 heteroatoms. The minimum absolute atomic E-state index is 0.531. The number of rotatable bonds is 7. The smallest absolute Gasteiger partial charge is 0.0620 e. The van der Waals surface area contributed by atoms with Crippen LogP contribution in [0.5, 0.6) is 0 Å². The van der Waals surface area contributed by atoms with Crippen molar-refractivity contribution in [3.63, 3.8) is 0 Å². The zero-order valence-corrected chi connectivity index (χ0v) is 12.0. The van der Waals surface area contributed by atoms with Crippen LogP contribution >= 0.6 is 0 Å². The summed E-state index contributed by atoms with van der Waals surface area (Å²) in [5.74, 6) is 0.808. The molecule has 102 valence electrons. The normalized spacial score (nSPS) is 24.9. The van der Waals surface area contributed by atoms with Crippen molar-refractivity contribution in [2.24, 2.45) is 5.92 Å². The molecule has 3 nitrogen and oxygen atoms in total. The molecule has 3 atom stereocenters. The Morgan fingerprint density at radius 1 is 1.18 bits per heavy atom. The van der Waals surface area contributed by atoms with E-state index in [0.29, 0.717) is 18.1 Å². The highest BCUT2D eigenvalue weighted by atomic mass is 16.5. The molecule has 0 saturated carbocycles. The van der Waals surface area contributed by atoms with Crippen molar-refractivity contribution in [2.75, 3.05) is 19.8 Å². The van der Waals surface area contributed by atoms with E-state index in [1.807, 2.05) is 0 Å². The van der Waals surface area contributed by atoms with E-state index in [1.165, 1.54) is 12.8 Å². The Kier molecular flexibility index (Phi) is 7.09. The molecule has 3 unspecified atom stereocenters. The predicted octanol–water partition coefficient (Wildman–Crippen LogP) is 2.17. The molecule has 17 heavy (non-hydrogen) atoms. The van der Waals surface area contributed by atoms with E-state index in [9.17, 15) is 0 Å². The SMILES string of the molecule is CC(C)CCC(C)NC(C)CC1COCCN1. The summed E-state index contributed by atoms with van der Waals surface area (Å²) < 4.78 is 5.48. The van der Waals surface area contributed by atoms with Crippen LogP contribution in [0.2, 0.25) is 0 Å². The Morgan fingerprint density at radius 3 is 2.53 bits per heavy atom. The third kappa shape index (κ3) is 7.02. The molecule has 1 aliphatic rings. The van der Waals surface area contributed by atoms with Crippen molar-refractivity contribution in [3.05, 3.63) is 0 Å². The molecule has 1 heterocycles. The number of hydrogen-bond donors (Lipinski definition) is 2. The summed E-state index contributed by atoms with van der Waals surface area (Å²) in [6, 6.07) is 1.72. The van der Waals surface area contributed by atoms with Gasteiger partial charge in [-0.2, -0.15) is 0 Å². The number of ether oxygens (including phenoxy) is 1. The van der Waals surface area contributed by atoms with Gasteiger partial charge < -0.3 is 15.4 Å². The Bertz CT molecular complexity index is 191. The van der Waals surface area contributed by atoms with Crippen LogP contribution in [0.15, 0.2) is 0 Å². The van der Waals surface area contributed by atoms with E-state index in [0.717, 1.165) is 32.1 Å². The minimum atomic E-state index is 0.531. The average molecular weight is 242 g/mol. The molecule has 1 fully saturated rings. The quantitative estimate of drug-likeness (QED) is 0.718. The Labute approximate surface area is 107 Å². The summed E-state index contributed by atoms with van der Waals surface area (Å²) in [7, 11) is 0. The van der Waals surface area contributed by atoms with Crippen LogP contribution in [-0.4, -0.2) is 37.9 Å². The monoisotopic (exact) mass is 242 g/mol. The Balaban J connectivity index is 2.12. The van der Waals surface area contributed by atoms with Crippen LogP contribution in [0.3, 0.4) is 0 Å². The topological polar surface area (TPSA) is 33.3 Å².